The second-order valence-corrected chi connectivity index (χ2v) is 12.8. The molecule has 7 nitrogen and oxygen atoms in total. The van der Waals surface area contributed by atoms with Crippen molar-refractivity contribution >= 4 is 52.5 Å². The lowest BCUT2D eigenvalue weighted by Crippen LogP contribution is -2.58. The fourth-order valence-electron chi connectivity index (χ4n) is 6.14. The summed E-state index contributed by atoms with van der Waals surface area (Å²) in [4.78, 5) is 23.9. The van der Waals surface area contributed by atoms with Crippen LogP contribution >= 0.6 is 34.8 Å². The number of nitrogens with one attached hydrogen (secondary N) is 1. The van der Waals surface area contributed by atoms with E-state index >= 15 is 0 Å². The second kappa shape index (κ2) is 11.0. The molecule has 3 fully saturated rings. The van der Waals surface area contributed by atoms with E-state index in [4.69, 9.17) is 34.8 Å². The van der Waals surface area contributed by atoms with E-state index in [1.165, 1.54) is 0 Å². The molecule has 1 saturated carbocycles. The number of rotatable bonds is 7. The Balaban J connectivity index is 1.28. The summed E-state index contributed by atoms with van der Waals surface area (Å²) in [6, 6.07) is 4.68. The first-order chi connectivity index (χ1) is 18.7. The molecule has 2 aromatic rings. The number of hydrogen-bond donors (Lipinski definition) is 2. The molecular formula is C27H31Cl3F3N5O2. The Labute approximate surface area is 246 Å². The molecule has 3 aliphatic rings. The van der Waals surface area contributed by atoms with Crippen LogP contribution in [0, 0.1) is 17.3 Å². The molecule has 2 aliphatic heterocycles. The van der Waals surface area contributed by atoms with Crippen molar-refractivity contribution in [3.05, 3.63) is 44.5 Å². The lowest BCUT2D eigenvalue weighted by Gasteiger charge is -2.52. The van der Waals surface area contributed by atoms with Crippen molar-refractivity contribution in [2.24, 2.45) is 17.3 Å². The molecule has 218 valence electrons. The minimum atomic E-state index is -4.76. The molecular weight excluding hydrogens is 590 g/mol. The van der Waals surface area contributed by atoms with Gasteiger partial charge in [0.05, 0.1) is 11.5 Å². The van der Waals surface area contributed by atoms with Crippen molar-refractivity contribution in [2.45, 2.75) is 57.8 Å². The van der Waals surface area contributed by atoms with Crippen LogP contribution in [-0.4, -0.2) is 58.2 Å². The van der Waals surface area contributed by atoms with Crippen molar-refractivity contribution in [3.63, 3.8) is 0 Å². The summed E-state index contributed by atoms with van der Waals surface area (Å²) in [6.45, 7) is 6.47. The van der Waals surface area contributed by atoms with Crippen LogP contribution in [0.4, 0.5) is 24.9 Å². The lowest BCUT2D eigenvalue weighted by atomic mass is 9.65. The number of alkyl halides is 3. The van der Waals surface area contributed by atoms with Gasteiger partial charge in [-0.05, 0) is 75.6 Å². The molecule has 2 saturated heterocycles. The fraction of sp³-hybridized carbons (Fsp3) is 0.593. The average molecular weight is 621 g/mol. The van der Waals surface area contributed by atoms with Crippen molar-refractivity contribution in [2.75, 3.05) is 36.4 Å². The highest BCUT2D eigenvalue weighted by molar-refractivity contribution is 6.35. The predicted octanol–water partition coefficient (Wildman–Crippen LogP) is 7.03. The molecule has 0 amide bonds. The van der Waals surface area contributed by atoms with Crippen LogP contribution in [-0.2, 0) is 11.0 Å². The molecule has 5 rings (SSSR count). The smallest absolute Gasteiger partial charge is 0.435 e. The number of piperidine rings is 1. The van der Waals surface area contributed by atoms with Crippen LogP contribution in [0.2, 0.25) is 15.1 Å². The first-order valence-corrected chi connectivity index (χ1v) is 14.5. The number of halogens is 6. The minimum absolute atomic E-state index is 0.0197. The molecule has 1 aromatic carbocycles. The molecule has 0 radical (unpaired) electrons. The van der Waals surface area contributed by atoms with Gasteiger partial charge in [-0.1, -0.05) is 40.9 Å². The second-order valence-electron chi connectivity index (χ2n) is 11.6. The summed E-state index contributed by atoms with van der Waals surface area (Å²) in [7, 11) is 0. The summed E-state index contributed by atoms with van der Waals surface area (Å²) in [5, 5.41) is 12.6. The molecule has 3 heterocycles. The molecule has 1 aliphatic carbocycles. The molecule has 0 bridgehead atoms. The van der Waals surface area contributed by atoms with Gasteiger partial charge in [0.25, 0.3) is 0 Å². The van der Waals surface area contributed by atoms with E-state index in [-0.39, 0.29) is 17.8 Å². The van der Waals surface area contributed by atoms with E-state index in [1.807, 2.05) is 0 Å². The lowest BCUT2D eigenvalue weighted by molar-refractivity contribution is -0.158. The summed E-state index contributed by atoms with van der Waals surface area (Å²) in [5.74, 6) is -0.191. The van der Waals surface area contributed by atoms with E-state index in [0.29, 0.717) is 53.4 Å². The Morgan fingerprint density at radius 2 is 1.85 bits per heavy atom. The Kier molecular flexibility index (Phi) is 8.11. The number of carboxylic acids is 1. The fourth-order valence-corrected chi connectivity index (χ4v) is 6.96. The minimum Gasteiger partial charge on any atom is -0.481 e. The topological polar surface area (TPSA) is 81.6 Å². The maximum absolute atomic E-state index is 13.9. The van der Waals surface area contributed by atoms with Gasteiger partial charge in [-0.2, -0.15) is 18.2 Å². The molecule has 13 heteroatoms. The van der Waals surface area contributed by atoms with Crippen molar-refractivity contribution in [3.8, 4) is 0 Å². The molecule has 0 spiro atoms. The number of benzene rings is 1. The summed E-state index contributed by atoms with van der Waals surface area (Å²) in [5.41, 5.74) is -1.19. The highest BCUT2D eigenvalue weighted by Gasteiger charge is 2.50. The van der Waals surface area contributed by atoms with Crippen molar-refractivity contribution < 1.29 is 23.1 Å². The van der Waals surface area contributed by atoms with Gasteiger partial charge in [-0.15, -0.1) is 0 Å². The van der Waals surface area contributed by atoms with Gasteiger partial charge in [0, 0.05) is 35.7 Å². The highest BCUT2D eigenvalue weighted by Crippen LogP contribution is 2.46. The first kappa shape index (κ1) is 29.5. The molecule has 1 aromatic heterocycles. The number of aliphatic carboxylic acids is 1. The Morgan fingerprint density at radius 1 is 1.15 bits per heavy atom. The quantitative estimate of drug-likeness (QED) is 0.344. The van der Waals surface area contributed by atoms with Crippen LogP contribution < -0.4 is 10.2 Å². The number of hydrogen-bond acceptors (Lipinski definition) is 6. The average Bonchev–Trinajstić information content (AvgIpc) is 2.82. The van der Waals surface area contributed by atoms with E-state index in [1.54, 1.807) is 36.9 Å². The van der Waals surface area contributed by atoms with Gasteiger partial charge in [-0.3, -0.25) is 4.79 Å². The van der Waals surface area contributed by atoms with E-state index < -0.39 is 34.3 Å². The van der Waals surface area contributed by atoms with Crippen molar-refractivity contribution in [1.82, 2.24) is 14.9 Å². The zero-order valence-corrected chi connectivity index (χ0v) is 24.4. The third-order valence-electron chi connectivity index (χ3n) is 8.64. The summed E-state index contributed by atoms with van der Waals surface area (Å²) >= 11 is 18.4. The Bertz CT molecular complexity index is 1280. The number of nitrogens with zero attached hydrogens (tertiary/aromatic N) is 4. The number of carbonyl (C=O) groups is 1. The zero-order valence-electron chi connectivity index (χ0n) is 22.1. The third kappa shape index (κ3) is 5.82. The predicted molar refractivity (Wildman–Crippen MR) is 149 cm³/mol. The maximum atomic E-state index is 13.9. The standard InChI is InChI=1S/C27H31Cl3F3N5O2/c1-14(19-6-5-17(28)8-20(19)29)34-23-21(30)22(27(31,32)33)35-25(36-23)38-12-16(13-38)15-4-3-7-37(11-15)18-9-26(2,10-18)24(39)40/h5-6,8,14-16,18H,3-4,7,9-13H2,1-2H3,(H,39,40)(H,34,35,36)/t14-,15+,18-,26-/m1/s1. The van der Waals surface area contributed by atoms with Gasteiger partial charge in [0.2, 0.25) is 5.95 Å². The molecule has 2 atom stereocenters. The maximum Gasteiger partial charge on any atom is 0.435 e. The molecule has 0 unspecified atom stereocenters. The van der Waals surface area contributed by atoms with E-state index in [2.05, 4.69) is 20.2 Å². The van der Waals surface area contributed by atoms with Gasteiger partial charge < -0.3 is 20.2 Å². The van der Waals surface area contributed by atoms with E-state index in [9.17, 15) is 23.1 Å². The Hall–Kier alpha value is -2.01. The van der Waals surface area contributed by atoms with Crippen LogP contribution in [0.25, 0.3) is 0 Å². The third-order valence-corrected chi connectivity index (χ3v) is 9.56. The van der Waals surface area contributed by atoms with Gasteiger partial charge >= 0.3 is 12.1 Å². The largest absolute Gasteiger partial charge is 0.481 e. The molecule has 2 N–H and O–H groups in total. The van der Waals surface area contributed by atoms with Gasteiger partial charge in [0.1, 0.15) is 5.02 Å². The van der Waals surface area contributed by atoms with Crippen LogP contribution in [0.1, 0.15) is 56.8 Å². The number of aromatic nitrogens is 2. The van der Waals surface area contributed by atoms with Gasteiger partial charge in [-0.25, -0.2) is 4.98 Å². The highest BCUT2D eigenvalue weighted by atomic mass is 35.5. The summed E-state index contributed by atoms with van der Waals surface area (Å²) in [6.07, 6.45) is -1.39. The number of carboxylic acid groups (broad SMARTS) is 1. The first-order valence-electron chi connectivity index (χ1n) is 13.3. The molecule has 40 heavy (non-hydrogen) atoms. The van der Waals surface area contributed by atoms with E-state index in [0.717, 1.165) is 25.9 Å². The SMILES string of the molecule is C[C@@H](Nc1nc(N2CC([C@H]3CCCN([C@H]4C[C@](C)(C(=O)O)C4)C3)C2)nc(C(F)(F)F)c1Cl)c1ccc(Cl)cc1Cl. The number of likely N-dealkylation sites (tertiary alicyclic amines) is 1. The van der Waals surface area contributed by atoms with Crippen LogP contribution in [0.5, 0.6) is 0 Å². The normalized spacial score (nSPS) is 26.6. The Morgan fingerprint density at radius 3 is 2.48 bits per heavy atom. The number of anilines is 2. The summed E-state index contributed by atoms with van der Waals surface area (Å²) < 4.78 is 41.7. The van der Waals surface area contributed by atoms with Crippen LogP contribution in [0.3, 0.4) is 0 Å². The monoisotopic (exact) mass is 619 g/mol. The van der Waals surface area contributed by atoms with Gasteiger partial charge in [0.15, 0.2) is 11.5 Å². The zero-order chi connectivity index (χ0) is 29.0. The van der Waals surface area contributed by atoms with Crippen LogP contribution in [0.15, 0.2) is 18.2 Å². The van der Waals surface area contributed by atoms with Crippen molar-refractivity contribution in [1.29, 1.82) is 0 Å².